The number of nitrogens with one attached hydrogen (secondary N) is 1. The first-order chi connectivity index (χ1) is 12.8. The van der Waals surface area contributed by atoms with Gasteiger partial charge < -0.3 is 16.0 Å². The third kappa shape index (κ3) is 2.65. The Balaban J connectivity index is 1.64. The highest BCUT2D eigenvalue weighted by molar-refractivity contribution is 5.74. The maximum atomic E-state index is 6.20. The van der Waals surface area contributed by atoms with E-state index in [1.54, 1.807) is 0 Å². The molecule has 0 saturated carbocycles. The average Bonchev–Trinajstić information content (AvgIpc) is 2.86. The summed E-state index contributed by atoms with van der Waals surface area (Å²) in [6.07, 6.45) is 8.23. The van der Waals surface area contributed by atoms with Gasteiger partial charge in [-0.25, -0.2) is 4.98 Å². The van der Waals surface area contributed by atoms with Crippen LogP contribution in [-0.4, -0.2) is 35.1 Å². The Kier molecular flexibility index (Phi) is 4.04. The molecule has 0 unspecified atom stereocenters. The van der Waals surface area contributed by atoms with Crippen molar-refractivity contribution >= 4 is 11.8 Å². The van der Waals surface area contributed by atoms with E-state index in [-0.39, 0.29) is 0 Å². The first kappa shape index (κ1) is 16.1. The van der Waals surface area contributed by atoms with Crippen LogP contribution in [0.1, 0.15) is 43.2 Å². The molecule has 2 aromatic rings. The number of fused-ring (bicyclic) bond motifs is 4. The van der Waals surface area contributed by atoms with Gasteiger partial charge in [-0.2, -0.15) is 4.98 Å². The van der Waals surface area contributed by atoms with Crippen LogP contribution in [0.15, 0.2) is 24.3 Å². The van der Waals surface area contributed by atoms with Gasteiger partial charge >= 0.3 is 0 Å². The summed E-state index contributed by atoms with van der Waals surface area (Å²) in [5.41, 5.74) is 11.2. The normalized spacial score (nSPS) is 25.0. The summed E-state index contributed by atoms with van der Waals surface area (Å²) in [5.74, 6) is 1.50. The Labute approximate surface area is 155 Å². The summed E-state index contributed by atoms with van der Waals surface area (Å²) in [4.78, 5) is 12.0. The zero-order valence-corrected chi connectivity index (χ0v) is 15.2. The Morgan fingerprint density at radius 3 is 2.92 bits per heavy atom. The van der Waals surface area contributed by atoms with E-state index >= 15 is 0 Å². The van der Waals surface area contributed by atoms with Crippen molar-refractivity contribution in [2.24, 2.45) is 0 Å². The quantitative estimate of drug-likeness (QED) is 0.829. The van der Waals surface area contributed by atoms with Crippen LogP contribution in [0.4, 0.5) is 11.8 Å². The molecule has 5 rings (SSSR count). The van der Waals surface area contributed by atoms with E-state index in [0.29, 0.717) is 18.0 Å². The molecule has 2 saturated heterocycles. The van der Waals surface area contributed by atoms with Crippen LogP contribution in [0.2, 0.25) is 0 Å². The number of rotatable bonds is 1. The van der Waals surface area contributed by atoms with Crippen LogP contribution < -0.4 is 16.0 Å². The molecule has 3 aliphatic rings. The van der Waals surface area contributed by atoms with E-state index in [0.717, 1.165) is 43.9 Å². The van der Waals surface area contributed by atoms with Crippen molar-refractivity contribution in [2.75, 3.05) is 23.7 Å². The van der Waals surface area contributed by atoms with Gasteiger partial charge in [0.2, 0.25) is 5.95 Å². The van der Waals surface area contributed by atoms with E-state index < -0.39 is 0 Å². The van der Waals surface area contributed by atoms with Crippen molar-refractivity contribution in [1.29, 1.82) is 0 Å². The van der Waals surface area contributed by atoms with Crippen molar-refractivity contribution in [1.82, 2.24) is 15.3 Å². The zero-order chi connectivity index (χ0) is 17.5. The number of nitrogen functional groups attached to an aromatic ring is 1. The molecule has 0 bridgehead atoms. The SMILES string of the molecule is Nc1nc2c(c(N3CCC[C@@H]4NCCC[C@@H]43)n1)CCCc1ccccc1-2. The lowest BCUT2D eigenvalue weighted by molar-refractivity contribution is 0.283. The molecule has 136 valence electrons. The van der Waals surface area contributed by atoms with Crippen LogP contribution in [0.3, 0.4) is 0 Å². The number of piperidine rings is 2. The standard InChI is InChI=1S/C21H27N5/c22-21-24-19-15-8-2-1-6-14(15)7-3-9-16(19)20(25-21)26-13-5-10-17-18(26)11-4-12-23-17/h1-2,6,8,17-18,23H,3-5,7,9-13H2,(H2,22,24,25)/t17-,18-/m0/s1. The Hall–Kier alpha value is -2.14. The Morgan fingerprint density at radius 1 is 1.04 bits per heavy atom. The number of nitrogens with two attached hydrogens (primary N) is 1. The van der Waals surface area contributed by atoms with Crippen LogP contribution in [0, 0.1) is 0 Å². The summed E-state index contributed by atoms with van der Waals surface area (Å²) >= 11 is 0. The van der Waals surface area contributed by atoms with E-state index in [9.17, 15) is 0 Å². The first-order valence-corrected chi connectivity index (χ1v) is 10.1. The van der Waals surface area contributed by atoms with Gasteiger partial charge in [-0.05, 0) is 57.1 Å². The molecule has 1 aromatic heterocycles. The highest BCUT2D eigenvalue weighted by Gasteiger charge is 2.35. The van der Waals surface area contributed by atoms with Crippen molar-refractivity contribution in [2.45, 2.75) is 57.0 Å². The molecule has 0 amide bonds. The Bertz CT molecular complexity index is 816. The fourth-order valence-electron chi connectivity index (χ4n) is 5.12. The lowest BCUT2D eigenvalue weighted by Crippen LogP contribution is -2.57. The third-order valence-corrected chi connectivity index (χ3v) is 6.28. The van der Waals surface area contributed by atoms with Crippen molar-refractivity contribution in [3.05, 3.63) is 35.4 Å². The second kappa shape index (κ2) is 6.54. The predicted molar refractivity (Wildman–Crippen MR) is 105 cm³/mol. The molecule has 2 fully saturated rings. The van der Waals surface area contributed by atoms with Gasteiger partial charge in [-0.3, -0.25) is 0 Å². The lowest BCUT2D eigenvalue weighted by atomic mass is 9.89. The first-order valence-electron chi connectivity index (χ1n) is 10.1. The summed E-state index contributed by atoms with van der Waals surface area (Å²) in [5, 5.41) is 3.73. The van der Waals surface area contributed by atoms with Crippen LogP contribution in [0.25, 0.3) is 11.3 Å². The van der Waals surface area contributed by atoms with E-state index in [2.05, 4.69) is 34.5 Å². The molecular formula is C21H27N5. The fraction of sp³-hybridized carbons (Fsp3) is 0.524. The van der Waals surface area contributed by atoms with Crippen LogP contribution >= 0.6 is 0 Å². The minimum absolute atomic E-state index is 0.404. The molecule has 3 heterocycles. The van der Waals surface area contributed by atoms with Crippen LogP contribution in [-0.2, 0) is 12.8 Å². The number of hydrogen-bond donors (Lipinski definition) is 2. The molecule has 5 heteroatoms. The largest absolute Gasteiger partial charge is 0.368 e. The minimum atomic E-state index is 0.404. The van der Waals surface area contributed by atoms with Gasteiger partial charge in [0.15, 0.2) is 0 Å². The molecule has 0 radical (unpaired) electrons. The maximum absolute atomic E-state index is 6.20. The summed E-state index contributed by atoms with van der Waals surface area (Å²) < 4.78 is 0. The number of benzene rings is 1. The van der Waals surface area contributed by atoms with Gasteiger partial charge in [0.25, 0.3) is 0 Å². The van der Waals surface area contributed by atoms with E-state index in [1.807, 2.05) is 0 Å². The lowest BCUT2D eigenvalue weighted by Gasteiger charge is -2.45. The molecule has 1 aromatic carbocycles. The molecule has 0 spiro atoms. The number of hydrogen-bond acceptors (Lipinski definition) is 5. The summed E-state index contributed by atoms with van der Waals surface area (Å²) in [6.45, 7) is 2.22. The van der Waals surface area contributed by atoms with Gasteiger partial charge in [0.05, 0.1) is 5.69 Å². The molecule has 3 N–H and O–H groups in total. The molecule has 5 nitrogen and oxygen atoms in total. The number of nitrogens with zero attached hydrogens (tertiary/aromatic N) is 3. The maximum Gasteiger partial charge on any atom is 0.222 e. The number of aryl methyl sites for hydroxylation is 1. The molecule has 1 aliphatic carbocycles. The smallest absolute Gasteiger partial charge is 0.222 e. The van der Waals surface area contributed by atoms with Gasteiger partial charge in [0.1, 0.15) is 5.82 Å². The minimum Gasteiger partial charge on any atom is -0.368 e. The van der Waals surface area contributed by atoms with Gasteiger partial charge in [-0.1, -0.05) is 24.3 Å². The van der Waals surface area contributed by atoms with Gasteiger partial charge in [0, 0.05) is 29.8 Å². The number of anilines is 2. The van der Waals surface area contributed by atoms with Crippen LogP contribution in [0.5, 0.6) is 0 Å². The molecule has 2 aliphatic heterocycles. The topological polar surface area (TPSA) is 67.1 Å². The highest BCUT2D eigenvalue weighted by atomic mass is 15.3. The van der Waals surface area contributed by atoms with E-state index in [1.165, 1.54) is 42.4 Å². The highest BCUT2D eigenvalue weighted by Crippen LogP contribution is 2.38. The predicted octanol–water partition coefficient (Wildman–Crippen LogP) is 2.94. The Morgan fingerprint density at radius 2 is 1.96 bits per heavy atom. The zero-order valence-electron chi connectivity index (χ0n) is 15.2. The third-order valence-electron chi connectivity index (χ3n) is 6.28. The summed E-state index contributed by atoms with van der Waals surface area (Å²) in [7, 11) is 0. The van der Waals surface area contributed by atoms with E-state index in [4.69, 9.17) is 15.7 Å². The van der Waals surface area contributed by atoms with Crippen molar-refractivity contribution in [3.8, 4) is 11.3 Å². The monoisotopic (exact) mass is 349 g/mol. The molecule has 2 atom stereocenters. The van der Waals surface area contributed by atoms with Crippen molar-refractivity contribution < 1.29 is 0 Å². The second-order valence-electron chi connectivity index (χ2n) is 7.85. The number of aromatic nitrogens is 2. The fourth-order valence-corrected chi connectivity index (χ4v) is 5.12. The average molecular weight is 349 g/mol. The van der Waals surface area contributed by atoms with Crippen molar-refractivity contribution in [3.63, 3.8) is 0 Å². The molecular weight excluding hydrogens is 322 g/mol. The summed E-state index contributed by atoms with van der Waals surface area (Å²) in [6, 6.07) is 9.77. The second-order valence-corrected chi connectivity index (χ2v) is 7.85. The molecule has 26 heavy (non-hydrogen) atoms. The van der Waals surface area contributed by atoms with Gasteiger partial charge in [-0.15, -0.1) is 0 Å².